The highest BCUT2D eigenvalue weighted by molar-refractivity contribution is 8.09. The summed E-state index contributed by atoms with van der Waals surface area (Å²) in [5.41, 5.74) is 3.50. The predicted octanol–water partition coefficient (Wildman–Crippen LogP) is 3.50. The number of nitrogens with zero attached hydrogens (tertiary/aromatic N) is 3. The van der Waals surface area contributed by atoms with Gasteiger partial charge in [-0.25, -0.2) is 16.8 Å². The van der Waals surface area contributed by atoms with Gasteiger partial charge in [-0.3, -0.25) is 0 Å². The lowest BCUT2D eigenvalue weighted by Gasteiger charge is -2.30. The molecule has 8 nitrogen and oxygen atoms in total. The van der Waals surface area contributed by atoms with Gasteiger partial charge in [0.1, 0.15) is 5.75 Å². The van der Waals surface area contributed by atoms with Crippen molar-refractivity contribution in [3.05, 3.63) is 89.0 Å². The average Bonchev–Trinajstić information content (AvgIpc) is 2.75. The van der Waals surface area contributed by atoms with Crippen molar-refractivity contribution in [2.45, 2.75) is 20.0 Å². The molecule has 0 heterocycles. The minimum absolute atomic E-state index is 0.0537. The maximum atomic E-state index is 12.4. The average molecular weight is 500 g/mol. The highest BCUT2D eigenvalue weighted by atomic mass is 32.3. The van der Waals surface area contributed by atoms with E-state index in [9.17, 15) is 21.9 Å². The zero-order valence-corrected chi connectivity index (χ0v) is 20.6. The van der Waals surface area contributed by atoms with Crippen molar-refractivity contribution < 1.29 is 21.9 Å². The molecule has 3 aromatic rings. The number of phenols is 1. The number of phenolic OH excluding ortho intramolecular Hbond substituents is 1. The van der Waals surface area contributed by atoms with Gasteiger partial charge in [0.25, 0.3) is 0 Å². The van der Waals surface area contributed by atoms with Crippen molar-refractivity contribution in [3.63, 3.8) is 0 Å². The molecule has 0 fully saturated rings. The zero-order valence-electron chi connectivity index (χ0n) is 19.0. The van der Waals surface area contributed by atoms with Crippen LogP contribution in [-0.2, 0) is 33.1 Å². The number of aromatic hydroxyl groups is 1. The molecule has 0 aromatic heterocycles. The van der Waals surface area contributed by atoms with Crippen LogP contribution in [0.1, 0.15) is 22.3 Å². The van der Waals surface area contributed by atoms with Crippen molar-refractivity contribution in [2.24, 2.45) is 0 Å². The largest absolute Gasteiger partial charge is 0.508 e. The molecule has 1 N–H and O–H groups in total. The standard InChI is InChI=1S/C24H25N3O5S2/c1-18-23(5-4-6-24(18)27(33(2,29)30)34(3,31)32)26(17-21-11-13-22(28)14-12-21)16-20-9-7-19(15-25)8-10-20/h4-14,28H,16-17H2,1-3H3. The third-order valence-electron chi connectivity index (χ3n) is 5.18. The van der Waals surface area contributed by atoms with E-state index >= 15 is 0 Å². The first-order valence-corrected chi connectivity index (χ1v) is 13.9. The molecule has 0 atom stereocenters. The van der Waals surface area contributed by atoms with Crippen molar-refractivity contribution in [2.75, 3.05) is 21.1 Å². The second-order valence-corrected chi connectivity index (χ2v) is 11.9. The van der Waals surface area contributed by atoms with Crippen LogP contribution in [0.15, 0.2) is 66.7 Å². The first kappa shape index (κ1) is 25.1. The Balaban J connectivity index is 2.11. The lowest BCUT2D eigenvalue weighted by molar-refractivity contribution is 0.475. The first-order chi connectivity index (χ1) is 15.9. The van der Waals surface area contributed by atoms with Crippen LogP contribution in [0.4, 0.5) is 11.4 Å². The number of hydrogen-bond acceptors (Lipinski definition) is 7. The molecular weight excluding hydrogens is 474 g/mol. The molecule has 0 unspecified atom stereocenters. The van der Waals surface area contributed by atoms with E-state index in [4.69, 9.17) is 5.26 Å². The second kappa shape index (κ2) is 9.75. The predicted molar refractivity (Wildman–Crippen MR) is 132 cm³/mol. The summed E-state index contributed by atoms with van der Waals surface area (Å²) in [6, 6.07) is 20.8. The zero-order chi connectivity index (χ0) is 25.1. The number of hydrogen-bond donors (Lipinski definition) is 1. The maximum Gasteiger partial charge on any atom is 0.245 e. The Hall–Kier alpha value is -3.55. The van der Waals surface area contributed by atoms with E-state index in [0.29, 0.717) is 33.6 Å². The Kier molecular flexibility index (Phi) is 7.19. The number of nitriles is 1. The summed E-state index contributed by atoms with van der Waals surface area (Å²) in [5.74, 6) is 0.137. The Morgan fingerprint density at radius 2 is 1.26 bits per heavy atom. The quantitative estimate of drug-likeness (QED) is 0.504. The van der Waals surface area contributed by atoms with E-state index in [-0.39, 0.29) is 11.4 Å². The normalized spacial score (nSPS) is 11.6. The van der Waals surface area contributed by atoms with Gasteiger partial charge in [0, 0.05) is 18.8 Å². The van der Waals surface area contributed by atoms with Crippen LogP contribution in [0, 0.1) is 18.3 Å². The summed E-state index contributed by atoms with van der Waals surface area (Å²) >= 11 is 0. The maximum absolute atomic E-state index is 12.4. The van der Waals surface area contributed by atoms with Crippen LogP contribution in [0.5, 0.6) is 5.75 Å². The van der Waals surface area contributed by atoms with Crippen LogP contribution < -0.4 is 8.61 Å². The fourth-order valence-corrected chi connectivity index (χ4v) is 6.79. The van der Waals surface area contributed by atoms with Gasteiger partial charge >= 0.3 is 0 Å². The molecule has 34 heavy (non-hydrogen) atoms. The molecular formula is C24H25N3O5S2. The third kappa shape index (κ3) is 5.87. The van der Waals surface area contributed by atoms with Gasteiger partial charge in [-0.2, -0.15) is 8.97 Å². The Morgan fingerprint density at radius 3 is 1.74 bits per heavy atom. The van der Waals surface area contributed by atoms with Gasteiger partial charge < -0.3 is 10.0 Å². The summed E-state index contributed by atoms with van der Waals surface area (Å²) in [4.78, 5) is 1.98. The summed E-state index contributed by atoms with van der Waals surface area (Å²) in [5, 5.41) is 18.7. The van der Waals surface area contributed by atoms with E-state index < -0.39 is 20.0 Å². The summed E-state index contributed by atoms with van der Waals surface area (Å²) in [7, 11) is -8.20. The minimum atomic E-state index is -4.10. The molecule has 0 aliphatic heterocycles. The van der Waals surface area contributed by atoms with Gasteiger partial charge in [0.15, 0.2) is 0 Å². The van der Waals surface area contributed by atoms with Crippen molar-refractivity contribution in [1.82, 2.24) is 0 Å². The number of anilines is 2. The van der Waals surface area contributed by atoms with E-state index in [2.05, 4.69) is 6.07 Å². The Labute approximate surface area is 200 Å². The molecule has 0 radical (unpaired) electrons. The monoisotopic (exact) mass is 499 g/mol. The number of sulfonamides is 2. The minimum Gasteiger partial charge on any atom is -0.508 e. The molecule has 0 aliphatic carbocycles. The third-order valence-corrected chi connectivity index (χ3v) is 8.41. The lowest BCUT2D eigenvalue weighted by atomic mass is 10.1. The lowest BCUT2D eigenvalue weighted by Crippen LogP contribution is -2.36. The second-order valence-electron chi connectivity index (χ2n) is 7.98. The SMILES string of the molecule is Cc1c(N(Cc2ccc(O)cc2)Cc2ccc(C#N)cc2)cccc1N(S(C)(=O)=O)S(C)(=O)=O. The van der Waals surface area contributed by atoms with E-state index in [1.165, 1.54) is 6.07 Å². The fraction of sp³-hybridized carbons (Fsp3) is 0.208. The molecule has 0 aliphatic rings. The van der Waals surface area contributed by atoms with Gasteiger partial charge in [0.2, 0.25) is 20.0 Å². The van der Waals surface area contributed by atoms with Crippen molar-refractivity contribution in [1.29, 1.82) is 5.26 Å². The topological polar surface area (TPSA) is 119 Å². The van der Waals surface area contributed by atoms with Crippen LogP contribution in [0.2, 0.25) is 0 Å². The van der Waals surface area contributed by atoms with Crippen molar-refractivity contribution >= 4 is 31.4 Å². The molecule has 3 rings (SSSR count). The van der Waals surface area contributed by atoms with E-state index in [1.807, 2.05) is 17.0 Å². The smallest absolute Gasteiger partial charge is 0.245 e. The van der Waals surface area contributed by atoms with Crippen molar-refractivity contribution in [3.8, 4) is 11.8 Å². The summed E-state index contributed by atoms with van der Waals surface area (Å²) in [6.45, 7) is 2.49. The molecule has 10 heteroatoms. The number of rotatable bonds is 8. The van der Waals surface area contributed by atoms with Crippen LogP contribution in [-0.4, -0.2) is 34.5 Å². The van der Waals surface area contributed by atoms with E-state index in [0.717, 1.165) is 23.6 Å². The highest BCUT2D eigenvalue weighted by Gasteiger charge is 2.29. The summed E-state index contributed by atoms with van der Waals surface area (Å²) < 4.78 is 49.9. The van der Waals surface area contributed by atoms with Gasteiger partial charge in [0.05, 0.1) is 29.8 Å². The van der Waals surface area contributed by atoms with E-state index in [1.54, 1.807) is 55.5 Å². The fourth-order valence-electron chi connectivity index (χ4n) is 3.71. The molecule has 178 valence electrons. The van der Waals surface area contributed by atoms with Gasteiger partial charge in [-0.05, 0) is 60.0 Å². The molecule has 0 saturated heterocycles. The van der Waals surface area contributed by atoms with Crippen LogP contribution in [0.3, 0.4) is 0 Å². The Morgan fingerprint density at radius 1 is 0.794 bits per heavy atom. The summed E-state index contributed by atoms with van der Waals surface area (Å²) in [6.07, 6.45) is 1.70. The molecule has 0 saturated carbocycles. The number of benzene rings is 3. The van der Waals surface area contributed by atoms with Gasteiger partial charge in [-0.1, -0.05) is 30.3 Å². The molecule has 3 aromatic carbocycles. The highest BCUT2D eigenvalue weighted by Crippen LogP contribution is 2.34. The first-order valence-electron chi connectivity index (χ1n) is 10.2. The van der Waals surface area contributed by atoms with Crippen LogP contribution >= 0.6 is 0 Å². The van der Waals surface area contributed by atoms with Gasteiger partial charge in [-0.15, -0.1) is 0 Å². The molecule has 0 amide bonds. The Bertz CT molecular complexity index is 1400. The van der Waals surface area contributed by atoms with Crippen LogP contribution in [0.25, 0.3) is 0 Å². The molecule has 0 bridgehead atoms. The molecule has 0 spiro atoms.